The molecule has 0 bridgehead atoms. The highest BCUT2D eigenvalue weighted by atomic mass is 16.3. The van der Waals surface area contributed by atoms with E-state index >= 15 is 0 Å². The summed E-state index contributed by atoms with van der Waals surface area (Å²) in [5.74, 6) is -2.65. The van der Waals surface area contributed by atoms with E-state index in [1.54, 1.807) is 24.3 Å². The molecule has 2 aliphatic rings. The predicted molar refractivity (Wildman–Crippen MR) is 141 cm³/mol. The summed E-state index contributed by atoms with van der Waals surface area (Å²) >= 11 is 0. The first kappa shape index (κ1) is 27.5. The van der Waals surface area contributed by atoms with Crippen molar-refractivity contribution in [1.29, 1.82) is 0 Å². The molecule has 3 amide bonds. The van der Waals surface area contributed by atoms with Gasteiger partial charge >= 0.3 is 0 Å². The van der Waals surface area contributed by atoms with Crippen LogP contribution in [-0.4, -0.2) is 59.0 Å². The van der Waals surface area contributed by atoms with Crippen LogP contribution in [0.25, 0.3) is 11.1 Å². The molecule has 1 saturated heterocycles. The summed E-state index contributed by atoms with van der Waals surface area (Å²) in [5.41, 5.74) is -0.0812. The minimum absolute atomic E-state index is 0.0534. The van der Waals surface area contributed by atoms with Crippen molar-refractivity contribution >= 4 is 23.5 Å². The molecule has 1 aliphatic carbocycles. The smallest absolute Gasteiger partial charge is 0.262 e. The highest BCUT2D eigenvalue weighted by Gasteiger charge is 2.49. The number of amides is 3. The number of hydrogen-bond acceptors (Lipinski definition) is 6. The Morgan fingerprint density at radius 1 is 1.00 bits per heavy atom. The fourth-order valence-corrected chi connectivity index (χ4v) is 5.35. The van der Waals surface area contributed by atoms with Crippen LogP contribution in [0.5, 0.6) is 0 Å². The molecule has 0 saturated carbocycles. The number of nitrogens with one attached hydrogen (secondary N) is 3. The van der Waals surface area contributed by atoms with Gasteiger partial charge in [0.25, 0.3) is 5.91 Å². The Morgan fingerprint density at radius 2 is 1.58 bits per heavy atom. The summed E-state index contributed by atoms with van der Waals surface area (Å²) in [6, 6.07) is 12.0. The van der Waals surface area contributed by atoms with E-state index in [-0.39, 0.29) is 18.7 Å². The van der Waals surface area contributed by atoms with Crippen LogP contribution < -0.4 is 16.0 Å². The second-order valence-electron chi connectivity index (χ2n) is 11.3. The van der Waals surface area contributed by atoms with Crippen LogP contribution in [0.15, 0.2) is 48.5 Å². The molecule has 1 heterocycles. The molecule has 2 aromatic rings. The summed E-state index contributed by atoms with van der Waals surface area (Å²) in [6.45, 7) is 5.43. The molecule has 0 spiro atoms. The molecule has 4 rings (SSSR count). The number of rotatable bonds is 9. The zero-order valence-corrected chi connectivity index (χ0v) is 21.9. The number of carbonyl (C=O) groups is 4. The van der Waals surface area contributed by atoms with Crippen LogP contribution in [0.2, 0.25) is 0 Å². The van der Waals surface area contributed by atoms with Crippen molar-refractivity contribution in [2.75, 3.05) is 13.2 Å². The minimum atomic E-state index is -2.01. The summed E-state index contributed by atoms with van der Waals surface area (Å²) in [5, 5.41) is 29.4. The van der Waals surface area contributed by atoms with Crippen LogP contribution in [0.4, 0.5) is 0 Å². The van der Waals surface area contributed by atoms with Crippen LogP contribution in [-0.2, 0) is 24.8 Å². The van der Waals surface area contributed by atoms with Crippen LogP contribution in [0.3, 0.4) is 0 Å². The van der Waals surface area contributed by atoms with Crippen molar-refractivity contribution in [1.82, 2.24) is 16.0 Å². The van der Waals surface area contributed by atoms with Gasteiger partial charge in [0.2, 0.25) is 11.8 Å². The van der Waals surface area contributed by atoms with Crippen molar-refractivity contribution in [3.63, 3.8) is 0 Å². The normalized spacial score (nSPS) is 19.1. The van der Waals surface area contributed by atoms with E-state index in [0.29, 0.717) is 24.1 Å². The predicted octanol–water partition coefficient (Wildman–Crippen LogP) is 1.40. The Morgan fingerprint density at radius 3 is 2.08 bits per heavy atom. The van der Waals surface area contributed by atoms with Crippen LogP contribution in [0.1, 0.15) is 51.2 Å². The second-order valence-corrected chi connectivity index (χ2v) is 11.3. The molecular formula is C29H35N3O6. The molecule has 3 atom stereocenters. The fraction of sp³-hybridized carbons (Fsp3) is 0.448. The minimum Gasteiger partial charge on any atom is -0.389 e. The number of hydrogen-bond donors (Lipinski definition) is 5. The summed E-state index contributed by atoms with van der Waals surface area (Å²) in [6.07, 6.45) is 0.795. The van der Waals surface area contributed by atoms with Crippen molar-refractivity contribution in [3.8, 4) is 11.1 Å². The molecule has 9 nitrogen and oxygen atoms in total. The maximum absolute atomic E-state index is 13.8. The highest BCUT2D eigenvalue weighted by molar-refractivity contribution is 6.01. The molecule has 1 fully saturated rings. The zero-order chi connectivity index (χ0) is 27.7. The highest BCUT2D eigenvalue weighted by Crippen LogP contribution is 2.47. The molecule has 1 aliphatic heterocycles. The third-order valence-corrected chi connectivity index (χ3v) is 7.23. The maximum atomic E-state index is 13.8. The molecule has 202 valence electrons. The third kappa shape index (κ3) is 5.35. The lowest BCUT2D eigenvalue weighted by molar-refractivity contribution is -0.140. The Kier molecular flexibility index (Phi) is 7.71. The lowest BCUT2D eigenvalue weighted by atomic mass is 9.86. The van der Waals surface area contributed by atoms with Gasteiger partial charge in [-0.2, -0.15) is 0 Å². The number of aliphatic hydroxyl groups is 2. The van der Waals surface area contributed by atoms with Gasteiger partial charge in [0.1, 0.15) is 12.6 Å². The Labute approximate surface area is 222 Å². The molecule has 5 N–H and O–H groups in total. The molecule has 9 heteroatoms. The molecule has 0 radical (unpaired) electrons. The lowest BCUT2D eigenvalue weighted by Crippen LogP contribution is -2.56. The van der Waals surface area contributed by atoms with Gasteiger partial charge in [-0.05, 0) is 35.8 Å². The third-order valence-electron chi connectivity index (χ3n) is 7.23. The number of carbonyl (C=O) groups excluding carboxylic acids is 4. The van der Waals surface area contributed by atoms with E-state index in [1.165, 1.54) is 0 Å². The van der Waals surface area contributed by atoms with Crippen molar-refractivity contribution in [3.05, 3.63) is 59.7 Å². The standard InChI is InChI=1S/C29H35N3O6/c1-28(2,3)15-23(26(36)31-22(24(34)16-33)14-17-12-13-30-25(17)35)32-27(37)29(38)20-10-6-4-8-18(20)19-9-5-7-11-21(19)29/h4-11,17,22-23,33,38H,12-16H2,1-3H3,(H,30,35)(H,31,36)(H,32,37)/t17-,22-,23-/m1/s1. The first-order valence-electron chi connectivity index (χ1n) is 12.9. The first-order chi connectivity index (χ1) is 18.0. The SMILES string of the molecule is CC(C)(C)C[C@@H](NC(=O)C1(O)c2ccccc2-c2ccccc21)C(=O)N[C@H](C[C@H]1CCNC1=O)C(=O)CO. The average Bonchev–Trinajstić information content (AvgIpc) is 3.41. The number of Topliss-reactive ketones (excluding diaryl/α,β-unsaturated/α-hetero) is 1. The summed E-state index contributed by atoms with van der Waals surface area (Å²) < 4.78 is 0. The number of fused-ring (bicyclic) bond motifs is 3. The molecule has 38 heavy (non-hydrogen) atoms. The van der Waals surface area contributed by atoms with Gasteiger partial charge in [-0.3, -0.25) is 19.2 Å². The largest absolute Gasteiger partial charge is 0.389 e. The van der Waals surface area contributed by atoms with Gasteiger partial charge in [0.15, 0.2) is 11.4 Å². The molecule has 2 aromatic carbocycles. The number of benzene rings is 2. The topological polar surface area (TPSA) is 145 Å². The molecular weight excluding hydrogens is 486 g/mol. The summed E-state index contributed by atoms with van der Waals surface area (Å²) in [4.78, 5) is 51.9. The number of aliphatic hydroxyl groups excluding tert-OH is 1. The quantitative estimate of drug-likeness (QED) is 0.337. The summed E-state index contributed by atoms with van der Waals surface area (Å²) in [7, 11) is 0. The van der Waals surface area contributed by atoms with Crippen molar-refractivity contribution in [2.24, 2.45) is 11.3 Å². The monoisotopic (exact) mass is 521 g/mol. The first-order valence-corrected chi connectivity index (χ1v) is 12.9. The van der Waals surface area contributed by atoms with Gasteiger partial charge in [-0.25, -0.2) is 0 Å². The Bertz CT molecular complexity index is 1210. The maximum Gasteiger partial charge on any atom is 0.262 e. The van der Waals surface area contributed by atoms with Gasteiger partial charge in [-0.15, -0.1) is 0 Å². The van der Waals surface area contributed by atoms with E-state index in [9.17, 15) is 29.4 Å². The lowest BCUT2D eigenvalue weighted by Gasteiger charge is -2.31. The van der Waals surface area contributed by atoms with Crippen LogP contribution in [0, 0.1) is 11.3 Å². The second kappa shape index (κ2) is 10.7. The van der Waals surface area contributed by atoms with E-state index < -0.39 is 53.2 Å². The Hall–Kier alpha value is -3.56. The zero-order valence-electron chi connectivity index (χ0n) is 21.9. The molecule has 0 aromatic heterocycles. The van der Waals surface area contributed by atoms with Crippen LogP contribution >= 0.6 is 0 Å². The number of ketones is 1. The van der Waals surface area contributed by atoms with Crippen molar-refractivity contribution in [2.45, 2.75) is 57.7 Å². The van der Waals surface area contributed by atoms with Gasteiger partial charge in [-0.1, -0.05) is 69.3 Å². The van der Waals surface area contributed by atoms with E-state index in [1.807, 2.05) is 45.0 Å². The molecule has 0 unspecified atom stereocenters. The van der Waals surface area contributed by atoms with E-state index in [0.717, 1.165) is 11.1 Å². The Balaban J connectivity index is 1.61. The van der Waals surface area contributed by atoms with Crippen molar-refractivity contribution < 1.29 is 29.4 Å². The van der Waals surface area contributed by atoms with Gasteiger partial charge in [0.05, 0.1) is 6.04 Å². The fourth-order valence-electron chi connectivity index (χ4n) is 5.35. The van der Waals surface area contributed by atoms with Gasteiger partial charge < -0.3 is 26.2 Å². The van der Waals surface area contributed by atoms with E-state index in [4.69, 9.17) is 0 Å². The van der Waals surface area contributed by atoms with E-state index in [2.05, 4.69) is 16.0 Å². The van der Waals surface area contributed by atoms with Gasteiger partial charge in [0, 0.05) is 23.6 Å². The average molecular weight is 522 g/mol.